The Balaban J connectivity index is 1.81. The zero-order valence-electron chi connectivity index (χ0n) is 16.7. The van der Waals surface area contributed by atoms with Gasteiger partial charge in [0.1, 0.15) is 0 Å². The number of ether oxygens (including phenoxy) is 2. The van der Waals surface area contributed by atoms with E-state index in [1.54, 1.807) is 23.1 Å². The summed E-state index contributed by atoms with van der Waals surface area (Å²) >= 11 is 0. The number of rotatable bonds is 3. The molecule has 2 saturated heterocycles. The van der Waals surface area contributed by atoms with E-state index in [-0.39, 0.29) is 16.2 Å². The molecule has 3 aliphatic heterocycles. The first kappa shape index (κ1) is 19.8. The van der Waals surface area contributed by atoms with E-state index >= 15 is 0 Å². The van der Waals surface area contributed by atoms with Crippen molar-refractivity contribution < 1.29 is 22.7 Å². The number of hydrogen-bond acceptors (Lipinski definition) is 5. The van der Waals surface area contributed by atoms with Crippen molar-refractivity contribution >= 4 is 21.6 Å². The largest absolute Gasteiger partial charge is 0.338 e. The smallest absolute Gasteiger partial charge is 0.292 e. The van der Waals surface area contributed by atoms with Crippen LogP contribution in [-0.4, -0.2) is 51.5 Å². The van der Waals surface area contributed by atoms with Crippen LogP contribution in [0, 0.1) is 5.41 Å². The van der Waals surface area contributed by atoms with Crippen LogP contribution in [0.2, 0.25) is 0 Å². The highest BCUT2D eigenvalue weighted by atomic mass is 32.2. The number of amides is 1. The summed E-state index contributed by atoms with van der Waals surface area (Å²) in [6, 6.07) is 4.89. The Morgan fingerprint density at radius 1 is 1.07 bits per heavy atom. The van der Waals surface area contributed by atoms with Gasteiger partial charge in [-0.25, -0.2) is 8.42 Å². The van der Waals surface area contributed by atoms with Crippen molar-refractivity contribution in [2.75, 3.05) is 37.7 Å². The summed E-state index contributed by atoms with van der Waals surface area (Å²) < 4.78 is 39.4. The van der Waals surface area contributed by atoms with Crippen LogP contribution in [0.4, 0.5) is 5.69 Å². The topological polar surface area (TPSA) is 76.1 Å². The molecule has 0 aromatic heterocycles. The highest BCUT2D eigenvalue weighted by Crippen LogP contribution is 2.47. The van der Waals surface area contributed by atoms with Crippen LogP contribution in [0.15, 0.2) is 23.1 Å². The van der Waals surface area contributed by atoms with E-state index in [1.165, 1.54) is 4.31 Å². The van der Waals surface area contributed by atoms with Crippen molar-refractivity contribution in [1.29, 1.82) is 0 Å². The molecule has 3 heterocycles. The van der Waals surface area contributed by atoms with Gasteiger partial charge in [0.25, 0.3) is 11.7 Å². The minimum absolute atomic E-state index is 0.132. The predicted octanol–water partition coefficient (Wildman–Crippen LogP) is 2.45. The molecule has 1 amide bonds. The number of fused-ring (bicyclic) bond motifs is 2. The molecule has 0 bridgehead atoms. The number of nitrogens with zero attached hydrogens (tertiary/aromatic N) is 2. The quantitative estimate of drug-likeness (QED) is 0.768. The SMILES string of the molecule is CC(C)(C)CN1C(=O)C2(OCCCO2)c2cc(S(=O)(=O)N3CCCC3)ccc21. The lowest BCUT2D eigenvalue weighted by Crippen LogP contribution is -2.48. The summed E-state index contributed by atoms with van der Waals surface area (Å²) in [5, 5.41) is 0. The third kappa shape index (κ3) is 3.16. The Morgan fingerprint density at radius 3 is 2.32 bits per heavy atom. The summed E-state index contributed by atoms with van der Waals surface area (Å²) in [4.78, 5) is 15.2. The molecule has 1 aromatic rings. The van der Waals surface area contributed by atoms with Gasteiger partial charge in [0.05, 0.1) is 23.8 Å². The molecular formula is C20H28N2O5S. The number of benzene rings is 1. The minimum atomic E-state index is -3.59. The minimum Gasteiger partial charge on any atom is -0.338 e. The molecule has 0 N–H and O–H groups in total. The summed E-state index contributed by atoms with van der Waals surface area (Å²) in [6.07, 6.45) is 2.45. The molecule has 0 atom stereocenters. The summed E-state index contributed by atoms with van der Waals surface area (Å²) in [5.41, 5.74) is 1.04. The molecule has 1 aromatic carbocycles. The Hall–Kier alpha value is -1.48. The van der Waals surface area contributed by atoms with Crippen LogP contribution in [0.25, 0.3) is 0 Å². The average molecular weight is 409 g/mol. The van der Waals surface area contributed by atoms with E-state index in [0.29, 0.717) is 50.5 Å². The lowest BCUT2D eigenvalue weighted by atomic mass is 9.96. The third-order valence-corrected chi connectivity index (χ3v) is 7.27. The molecule has 28 heavy (non-hydrogen) atoms. The van der Waals surface area contributed by atoms with Crippen molar-refractivity contribution in [3.63, 3.8) is 0 Å². The summed E-state index contributed by atoms with van der Waals surface area (Å²) in [5.74, 6) is -1.80. The molecule has 0 saturated carbocycles. The molecule has 4 rings (SSSR count). The van der Waals surface area contributed by atoms with Gasteiger partial charge in [0.2, 0.25) is 10.0 Å². The fraction of sp³-hybridized carbons (Fsp3) is 0.650. The fourth-order valence-corrected chi connectivity index (χ4v) is 5.64. The second-order valence-electron chi connectivity index (χ2n) is 8.91. The fourth-order valence-electron chi connectivity index (χ4n) is 4.10. The van der Waals surface area contributed by atoms with Crippen LogP contribution in [0.3, 0.4) is 0 Å². The molecule has 3 aliphatic rings. The molecule has 2 fully saturated rings. The van der Waals surface area contributed by atoms with E-state index in [9.17, 15) is 13.2 Å². The Bertz CT molecular complexity index is 878. The normalized spacial score (nSPS) is 22.8. The molecule has 8 heteroatoms. The molecular weight excluding hydrogens is 380 g/mol. The number of carbonyl (C=O) groups is 1. The van der Waals surface area contributed by atoms with Gasteiger partial charge in [-0.1, -0.05) is 20.8 Å². The van der Waals surface area contributed by atoms with Gasteiger partial charge in [-0.2, -0.15) is 4.31 Å². The van der Waals surface area contributed by atoms with Gasteiger partial charge >= 0.3 is 0 Å². The zero-order valence-corrected chi connectivity index (χ0v) is 17.5. The highest BCUT2D eigenvalue weighted by molar-refractivity contribution is 7.89. The van der Waals surface area contributed by atoms with Crippen molar-refractivity contribution in [3.8, 4) is 0 Å². The lowest BCUT2D eigenvalue weighted by Gasteiger charge is -2.33. The van der Waals surface area contributed by atoms with Gasteiger partial charge in [-0.15, -0.1) is 0 Å². The second kappa shape index (κ2) is 6.79. The predicted molar refractivity (Wildman–Crippen MR) is 104 cm³/mol. The van der Waals surface area contributed by atoms with Crippen LogP contribution in [0.5, 0.6) is 0 Å². The summed E-state index contributed by atoms with van der Waals surface area (Å²) in [7, 11) is -3.59. The molecule has 1 spiro atoms. The van der Waals surface area contributed by atoms with Gasteiger partial charge in [-0.05, 0) is 42.9 Å². The lowest BCUT2D eigenvalue weighted by molar-refractivity contribution is -0.256. The average Bonchev–Trinajstić information content (AvgIpc) is 3.26. The van der Waals surface area contributed by atoms with Gasteiger partial charge in [0, 0.05) is 25.2 Å². The van der Waals surface area contributed by atoms with Gasteiger partial charge < -0.3 is 14.4 Å². The van der Waals surface area contributed by atoms with Crippen LogP contribution in [-0.2, 0) is 30.1 Å². The first-order valence-electron chi connectivity index (χ1n) is 9.90. The molecule has 0 unspecified atom stereocenters. The van der Waals surface area contributed by atoms with Crippen LogP contribution < -0.4 is 4.90 Å². The molecule has 154 valence electrons. The maximum absolute atomic E-state index is 13.4. The third-order valence-electron chi connectivity index (χ3n) is 5.37. The Morgan fingerprint density at radius 2 is 1.71 bits per heavy atom. The van der Waals surface area contributed by atoms with E-state index in [0.717, 1.165) is 12.8 Å². The number of carbonyl (C=O) groups excluding carboxylic acids is 1. The maximum atomic E-state index is 13.4. The number of anilines is 1. The first-order valence-corrected chi connectivity index (χ1v) is 11.3. The van der Waals surface area contributed by atoms with Gasteiger partial charge in [0.15, 0.2) is 0 Å². The number of sulfonamides is 1. The van der Waals surface area contributed by atoms with Crippen LogP contribution >= 0.6 is 0 Å². The molecule has 7 nitrogen and oxygen atoms in total. The van der Waals surface area contributed by atoms with E-state index in [2.05, 4.69) is 20.8 Å². The molecule has 0 aliphatic carbocycles. The van der Waals surface area contributed by atoms with E-state index in [4.69, 9.17) is 9.47 Å². The molecule has 0 radical (unpaired) electrons. The number of hydrogen-bond donors (Lipinski definition) is 0. The van der Waals surface area contributed by atoms with E-state index in [1.807, 2.05) is 0 Å². The zero-order chi connectivity index (χ0) is 20.2. The van der Waals surface area contributed by atoms with Crippen LogP contribution in [0.1, 0.15) is 45.6 Å². The Kier molecular flexibility index (Phi) is 4.81. The van der Waals surface area contributed by atoms with Crippen molar-refractivity contribution in [1.82, 2.24) is 4.31 Å². The van der Waals surface area contributed by atoms with Crippen molar-refractivity contribution in [2.45, 2.75) is 50.7 Å². The first-order chi connectivity index (χ1) is 13.2. The monoisotopic (exact) mass is 408 g/mol. The standard InChI is InChI=1S/C20H28N2O5S/c1-19(2,3)14-22-17-8-7-15(28(24,25)21-9-4-5-10-21)13-16(17)20(18(22)23)26-11-6-12-27-20/h7-8,13H,4-6,9-12,14H2,1-3H3. The van der Waals surface area contributed by atoms with Crippen molar-refractivity contribution in [2.24, 2.45) is 5.41 Å². The maximum Gasteiger partial charge on any atom is 0.292 e. The van der Waals surface area contributed by atoms with E-state index < -0.39 is 15.8 Å². The van der Waals surface area contributed by atoms with Gasteiger partial charge in [-0.3, -0.25) is 4.79 Å². The Labute approximate surface area is 166 Å². The second-order valence-corrected chi connectivity index (χ2v) is 10.8. The van der Waals surface area contributed by atoms with Crippen molar-refractivity contribution in [3.05, 3.63) is 23.8 Å². The highest BCUT2D eigenvalue weighted by Gasteiger charge is 2.55. The summed E-state index contributed by atoms with van der Waals surface area (Å²) in [6.45, 7) is 8.53.